The number of aromatic nitrogens is 4. The molecule has 8 nitrogen and oxygen atoms in total. The minimum atomic E-state index is -0.0301. The third kappa shape index (κ3) is 5.44. The van der Waals surface area contributed by atoms with Crippen molar-refractivity contribution >= 4 is 11.8 Å². The Kier molecular flexibility index (Phi) is 7.65. The van der Waals surface area contributed by atoms with Gasteiger partial charge in [0.25, 0.3) is 0 Å². The molecule has 0 aliphatic heterocycles. The van der Waals surface area contributed by atoms with E-state index in [1.165, 1.54) is 0 Å². The topological polar surface area (TPSA) is 94.3 Å². The number of methoxy groups -OCH3 is 1. The second kappa shape index (κ2) is 10.6. The maximum absolute atomic E-state index is 8.87. The first kappa shape index (κ1) is 20.1. The molecule has 0 radical (unpaired) electrons. The standard InChI is InChI=1S/C19H23N5O3S/c1-26-18-13-15(7-8-17(18)27-11-10-25)14-20-9-12-28-19-21-22-23-24(19)16-5-3-2-4-6-16/h2-8,13,20,25H,9-12,14H2,1H3. The summed E-state index contributed by atoms with van der Waals surface area (Å²) in [5, 5.41) is 25.0. The maximum Gasteiger partial charge on any atom is 0.214 e. The average Bonchev–Trinajstić information content (AvgIpc) is 3.21. The van der Waals surface area contributed by atoms with Gasteiger partial charge < -0.3 is 19.9 Å². The van der Waals surface area contributed by atoms with Crippen LogP contribution in [-0.4, -0.2) is 57.9 Å². The molecule has 9 heteroatoms. The van der Waals surface area contributed by atoms with Gasteiger partial charge in [-0.2, -0.15) is 4.68 Å². The minimum Gasteiger partial charge on any atom is -0.493 e. The van der Waals surface area contributed by atoms with Crippen LogP contribution in [0.25, 0.3) is 5.69 Å². The van der Waals surface area contributed by atoms with Crippen molar-refractivity contribution in [2.24, 2.45) is 0 Å². The lowest BCUT2D eigenvalue weighted by atomic mass is 10.2. The zero-order valence-corrected chi connectivity index (χ0v) is 16.4. The molecule has 0 fully saturated rings. The van der Waals surface area contributed by atoms with Gasteiger partial charge in [0.15, 0.2) is 11.5 Å². The summed E-state index contributed by atoms with van der Waals surface area (Å²) in [7, 11) is 1.60. The van der Waals surface area contributed by atoms with Gasteiger partial charge in [-0.3, -0.25) is 0 Å². The van der Waals surface area contributed by atoms with Gasteiger partial charge in [-0.1, -0.05) is 36.0 Å². The highest BCUT2D eigenvalue weighted by Gasteiger charge is 2.09. The van der Waals surface area contributed by atoms with Crippen LogP contribution in [0.5, 0.6) is 11.5 Å². The predicted molar refractivity (Wildman–Crippen MR) is 107 cm³/mol. The fourth-order valence-electron chi connectivity index (χ4n) is 2.54. The maximum atomic E-state index is 8.87. The summed E-state index contributed by atoms with van der Waals surface area (Å²) in [4.78, 5) is 0. The van der Waals surface area contributed by atoms with Crippen LogP contribution < -0.4 is 14.8 Å². The molecule has 2 N–H and O–H groups in total. The Morgan fingerprint density at radius 3 is 2.79 bits per heavy atom. The molecule has 0 spiro atoms. The summed E-state index contributed by atoms with van der Waals surface area (Å²) in [5.41, 5.74) is 2.03. The van der Waals surface area contributed by atoms with Gasteiger partial charge in [0.1, 0.15) is 6.61 Å². The number of nitrogens with zero attached hydrogens (tertiary/aromatic N) is 4. The highest BCUT2D eigenvalue weighted by atomic mass is 32.2. The van der Waals surface area contributed by atoms with Gasteiger partial charge in [0.2, 0.25) is 5.16 Å². The molecule has 1 aromatic heterocycles. The number of thioether (sulfide) groups is 1. The molecular weight excluding hydrogens is 378 g/mol. The normalized spacial score (nSPS) is 10.8. The molecule has 2 aromatic carbocycles. The largest absolute Gasteiger partial charge is 0.493 e. The van der Waals surface area contributed by atoms with Crippen molar-refractivity contribution in [2.75, 3.05) is 32.6 Å². The van der Waals surface area contributed by atoms with Crippen LogP contribution in [0.15, 0.2) is 53.7 Å². The molecule has 0 aliphatic rings. The average molecular weight is 401 g/mol. The molecule has 0 amide bonds. The van der Waals surface area contributed by atoms with Crippen molar-refractivity contribution in [3.8, 4) is 17.2 Å². The third-order valence-corrected chi connectivity index (χ3v) is 4.78. The predicted octanol–water partition coefficient (Wildman–Crippen LogP) is 1.92. The Morgan fingerprint density at radius 2 is 2.00 bits per heavy atom. The first-order chi connectivity index (χ1) is 13.8. The summed E-state index contributed by atoms with van der Waals surface area (Å²) in [5.74, 6) is 2.12. The Hall–Kier alpha value is -2.62. The first-order valence-corrected chi connectivity index (χ1v) is 9.88. The van der Waals surface area contributed by atoms with E-state index in [9.17, 15) is 0 Å². The summed E-state index contributed by atoms with van der Waals surface area (Å²) in [6.07, 6.45) is 0. The van der Waals surface area contributed by atoms with E-state index in [2.05, 4.69) is 20.8 Å². The monoisotopic (exact) mass is 401 g/mol. The van der Waals surface area contributed by atoms with Crippen LogP contribution in [0.3, 0.4) is 0 Å². The van der Waals surface area contributed by atoms with Gasteiger partial charge in [-0.05, 0) is 40.3 Å². The third-order valence-electron chi connectivity index (χ3n) is 3.86. The SMILES string of the molecule is COc1cc(CNCCSc2nnnn2-c2ccccc2)ccc1OCCO. The number of hydrogen-bond acceptors (Lipinski definition) is 8. The van der Waals surface area contributed by atoms with Gasteiger partial charge in [0, 0.05) is 18.8 Å². The number of ether oxygens (including phenoxy) is 2. The van der Waals surface area contributed by atoms with E-state index >= 15 is 0 Å². The van der Waals surface area contributed by atoms with Crippen molar-refractivity contribution in [3.63, 3.8) is 0 Å². The minimum absolute atomic E-state index is 0.0301. The highest BCUT2D eigenvalue weighted by molar-refractivity contribution is 7.99. The van der Waals surface area contributed by atoms with Crippen LogP contribution in [0.1, 0.15) is 5.56 Å². The number of aliphatic hydroxyl groups excluding tert-OH is 1. The van der Waals surface area contributed by atoms with Crippen LogP contribution >= 0.6 is 11.8 Å². The Balaban J connectivity index is 1.46. The number of para-hydroxylation sites is 1. The molecule has 0 unspecified atom stereocenters. The number of rotatable bonds is 11. The number of tetrazole rings is 1. The van der Waals surface area contributed by atoms with Crippen molar-refractivity contribution < 1.29 is 14.6 Å². The molecule has 3 aromatic rings. The lowest BCUT2D eigenvalue weighted by Gasteiger charge is -2.12. The van der Waals surface area contributed by atoms with E-state index in [0.717, 1.165) is 28.7 Å². The quantitative estimate of drug-likeness (QED) is 0.372. The molecule has 0 saturated heterocycles. The summed E-state index contributed by atoms with van der Waals surface area (Å²) < 4.78 is 12.5. The number of nitrogens with one attached hydrogen (secondary N) is 1. The van der Waals surface area contributed by atoms with E-state index < -0.39 is 0 Å². The first-order valence-electron chi connectivity index (χ1n) is 8.89. The second-order valence-electron chi connectivity index (χ2n) is 5.79. The van der Waals surface area contributed by atoms with Crippen LogP contribution in [0.4, 0.5) is 0 Å². The van der Waals surface area contributed by atoms with E-state index in [1.54, 1.807) is 23.6 Å². The Bertz CT molecular complexity index is 860. The van der Waals surface area contributed by atoms with Gasteiger partial charge in [-0.15, -0.1) is 5.10 Å². The van der Waals surface area contributed by atoms with Crippen LogP contribution in [0, 0.1) is 0 Å². The molecule has 0 saturated carbocycles. The van der Waals surface area contributed by atoms with Gasteiger partial charge in [0.05, 0.1) is 19.4 Å². The van der Waals surface area contributed by atoms with Gasteiger partial charge >= 0.3 is 0 Å². The number of aliphatic hydroxyl groups is 1. The van der Waals surface area contributed by atoms with Crippen LogP contribution in [-0.2, 0) is 6.54 Å². The van der Waals surface area contributed by atoms with Crippen LogP contribution in [0.2, 0.25) is 0 Å². The van der Waals surface area contributed by atoms with Crippen molar-refractivity contribution in [3.05, 3.63) is 54.1 Å². The fraction of sp³-hybridized carbons (Fsp3) is 0.316. The summed E-state index contributed by atoms with van der Waals surface area (Å²) >= 11 is 1.60. The molecule has 0 aliphatic carbocycles. The van der Waals surface area contributed by atoms with Gasteiger partial charge in [-0.25, -0.2) is 0 Å². The molecule has 0 atom stereocenters. The number of hydrogen-bond donors (Lipinski definition) is 2. The zero-order valence-electron chi connectivity index (χ0n) is 15.6. The molecular formula is C19H23N5O3S. The van der Waals surface area contributed by atoms with E-state index in [4.69, 9.17) is 14.6 Å². The van der Waals surface area contributed by atoms with E-state index in [0.29, 0.717) is 18.0 Å². The summed E-state index contributed by atoms with van der Waals surface area (Å²) in [6, 6.07) is 15.6. The lowest BCUT2D eigenvalue weighted by molar-refractivity contribution is 0.196. The molecule has 1 heterocycles. The van der Waals surface area contributed by atoms with Crippen molar-refractivity contribution in [1.82, 2.24) is 25.5 Å². The zero-order chi connectivity index (χ0) is 19.6. The summed E-state index contributed by atoms with van der Waals surface area (Å²) in [6.45, 7) is 1.73. The molecule has 28 heavy (non-hydrogen) atoms. The second-order valence-corrected chi connectivity index (χ2v) is 6.85. The molecule has 0 bridgehead atoms. The van der Waals surface area contributed by atoms with E-state index in [1.807, 2.05) is 48.5 Å². The lowest BCUT2D eigenvalue weighted by Crippen LogP contribution is -2.17. The van der Waals surface area contributed by atoms with Crippen molar-refractivity contribution in [2.45, 2.75) is 11.7 Å². The van der Waals surface area contributed by atoms with E-state index in [-0.39, 0.29) is 13.2 Å². The molecule has 148 valence electrons. The highest BCUT2D eigenvalue weighted by Crippen LogP contribution is 2.28. The fourth-order valence-corrected chi connectivity index (χ4v) is 3.33. The smallest absolute Gasteiger partial charge is 0.214 e. The Morgan fingerprint density at radius 1 is 1.14 bits per heavy atom. The molecule has 3 rings (SSSR count). The van der Waals surface area contributed by atoms with Crippen molar-refractivity contribution in [1.29, 1.82) is 0 Å². The Labute approximate surface area is 167 Å². The number of benzene rings is 2.